The van der Waals surface area contributed by atoms with Crippen LogP contribution in [0.3, 0.4) is 0 Å². The molecule has 86 valence electrons. The number of nitriles is 1. The van der Waals surface area contributed by atoms with Crippen LogP contribution in [-0.4, -0.2) is 9.55 Å². The molecule has 0 saturated heterocycles. The summed E-state index contributed by atoms with van der Waals surface area (Å²) in [4.78, 5) is 4.24. The lowest BCUT2D eigenvalue weighted by atomic mass is 10.1. The van der Waals surface area contributed by atoms with Crippen molar-refractivity contribution in [3.63, 3.8) is 0 Å². The molecule has 0 saturated carbocycles. The van der Waals surface area contributed by atoms with Gasteiger partial charge in [-0.1, -0.05) is 17.7 Å². The molecule has 0 spiro atoms. The summed E-state index contributed by atoms with van der Waals surface area (Å²) in [6.07, 6.45) is 1.79. The molecule has 0 N–H and O–H groups in total. The van der Waals surface area contributed by atoms with E-state index in [-0.39, 0.29) is 0 Å². The molecule has 0 aliphatic rings. The van der Waals surface area contributed by atoms with Gasteiger partial charge in [-0.05, 0) is 31.5 Å². The Balaban J connectivity index is 2.37. The van der Waals surface area contributed by atoms with Gasteiger partial charge in [0, 0.05) is 10.7 Å². The van der Waals surface area contributed by atoms with Gasteiger partial charge in [-0.15, -0.1) is 0 Å². The number of aromatic nitrogens is 2. The van der Waals surface area contributed by atoms with E-state index in [0.717, 1.165) is 17.0 Å². The number of rotatable bonds is 2. The fourth-order valence-electron chi connectivity index (χ4n) is 1.68. The van der Waals surface area contributed by atoms with Crippen molar-refractivity contribution in [3.8, 4) is 6.07 Å². The van der Waals surface area contributed by atoms with Crippen molar-refractivity contribution in [1.29, 1.82) is 5.26 Å². The first-order chi connectivity index (χ1) is 8.11. The minimum absolute atomic E-state index is 0.587. The lowest BCUT2D eigenvalue weighted by molar-refractivity contribution is 0.767. The summed E-state index contributed by atoms with van der Waals surface area (Å²) in [5.74, 6) is 0. The van der Waals surface area contributed by atoms with Gasteiger partial charge in [0.05, 0.1) is 30.2 Å². The normalized spacial score (nSPS) is 10.2. The van der Waals surface area contributed by atoms with E-state index in [1.54, 1.807) is 18.5 Å². The van der Waals surface area contributed by atoms with Crippen molar-refractivity contribution >= 4 is 11.6 Å². The highest BCUT2D eigenvalue weighted by Crippen LogP contribution is 2.17. The SMILES string of the molecule is Cc1ncn(Cc2ccc(Cl)cc2C#N)c1C. The molecule has 0 fully saturated rings. The first-order valence-electron chi connectivity index (χ1n) is 5.28. The Labute approximate surface area is 105 Å². The maximum absolute atomic E-state index is 9.06. The second-order valence-electron chi connectivity index (χ2n) is 3.96. The molecule has 3 nitrogen and oxygen atoms in total. The first-order valence-corrected chi connectivity index (χ1v) is 5.66. The van der Waals surface area contributed by atoms with Gasteiger partial charge in [0.25, 0.3) is 0 Å². The maximum atomic E-state index is 9.06. The molecule has 0 aliphatic carbocycles. The highest BCUT2D eigenvalue weighted by atomic mass is 35.5. The van der Waals surface area contributed by atoms with Crippen LogP contribution in [0, 0.1) is 25.2 Å². The summed E-state index contributed by atoms with van der Waals surface area (Å²) < 4.78 is 2.03. The average Bonchev–Trinajstić information content (AvgIpc) is 2.63. The third kappa shape index (κ3) is 2.32. The van der Waals surface area contributed by atoms with Gasteiger partial charge < -0.3 is 4.57 Å². The van der Waals surface area contributed by atoms with Crippen LogP contribution in [-0.2, 0) is 6.54 Å². The van der Waals surface area contributed by atoms with Crippen LogP contribution < -0.4 is 0 Å². The summed E-state index contributed by atoms with van der Waals surface area (Å²) in [7, 11) is 0. The summed E-state index contributed by atoms with van der Waals surface area (Å²) in [5, 5.41) is 9.65. The van der Waals surface area contributed by atoms with Gasteiger partial charge in [-0.3, -0.25) is 0 Å². The lowest BCUT2D eigenvalue weighted by Gasteiger charge is -2.07. The van der Waals surface area contributed by atoms with Gasteiger partial charge in [-0.2, -0.15) is 5.26 Å². The highest BCUT2D eigenvalue weighted by Gasteiger charge is 2.07. The zero-order valence-electron chi connectivity index (χ0n) is 9.74. The third-order valence-electron chi connectivity index (χ3n) is 2.88. The van der Waals surface area contributed by atoms with E-state index in [0.29, 0.717) is 17.1 Å². The summed E-state index contributed by atoms with van der Waals surface area (Å²) in [5.41, 5.74) is 3.70. The van der Waals surface area contributed by atoms with Gasteiger partial charge in [-0.25, -0.2) is 4.98 Å². The van der Waals surface area contributed by atoms with Crippen LogP contribution in [0.4, 0.5) is 0 Å². The Bertz CT molecular complexity index is 593. The Morgan fingerprint density at radius 2 is 2.18 bits per heavy atom. The van der Waals surface area contributed by atoms with Crippen LogP contribution in [0.5, 0.6) is 0 Å². The number of nitrogens with zero attached hydrogens (tertiary/aromatic N) is 3. The number of aryl methyl sites for hydroxylation is 1. The highest BCUT2D eigenvalue weighted by molar-refractivity contribution is 6.30. The van der Waals surface area contributed by atoms with E-state index in [9.17, 15) is 0 Å². The minimum Gasteiger partial charge on any atom is -0.330 e. The number of hydrogen-bond acceptors (Lipinski definition) is 2. The zero-order chi connectivity index (χ0) is 12.4. The van der Waals surface area contributed by atoms with E-state index in [1.165, 1.54) is 0 Å². The quantitative estimate of drug-likeness (QED) is 0.816. The van der Waals surface area contributed by atoms with Gasteiger partial charge >= 0.3 is 0 Å². The molecule has 0 amide bonds. The van der Waals surface area contributed by atoms with Crippen LogP contribution in [0.15, 0.2) is 24.5 Å². The van der Waals surface area contributed by atoms with Gasteiger partial charge in [0.1, 0.15) is 0 Å². The molecule has 4 heteroatoms. The Morgan fingerprint density at radius 3 is 2.76 bits per heavy atom. The molecule has 2 rings (SSSR count). The molecule has 1 heterocycles. The molecular formula is C13H12ClN3. The molecule has 0 atom stereocenters. The maximum Gasteiger partial charge on any atom is 0.0995 e. The van der Waals surface area contributed by atoms with Gasteiger partial charge in [0.15, 0.2) is 0 Å². The van der Waals surface area contributed by atoms with Crippen molar-refractivity contribution in [3.05, 3.63) is 52.1 Å². The molecule has 17 heavy (non-hydrogen) atoms. The molecule has 0 radical (unpaired) electrons. The predicted octanol–water partition coefficient (Wildman–Crippen LogP) is 3.07. The smallest absolute Gasteiger partial charge is 0.0995 e. The van der Waals surface area contributed by atoms with E-state index < -0.39 is 0 Å². The summed E-state index contributed by atoms with van der Waals surface area (Å²) >= 11 is 5.86. The Morgan fingerprint density at radius 1 is 1.41 bits per heavy atom. The van der Waals surface area contributed by atoms with Crippen LogP contribution in [0.2, 0.25) is 5.02 Å². The molecule has 2 aromatic rings. The molecule has 1 aromatic carbocycles. The number of imidazole rings is 1. The van der Waals surface area contributed by atoms with Crippen molar-refractivity contribution in [2.45, 2.75) is 20.4 Å². The fraction of sp³-hybridized carbons (Fsp3) is 0.231. The van der Waals surface area contributed by atoms with Crippen LogP contribution in [0.1, 0.15) is 22.5 Å². The Hall–Kier alpha value is -1.79. The second kappa shape index (κ2) is 4.60. The first kappa shape index (κ1) is 11.7. The van der Waals surface area contributed by atoms with E-state index in [2.05, 4.69) is 11.1 Å². The molecular weight excluding hydrogens is 234 g/mol. The topological polar surface area (TPSA) is 41.6 Å². The number of hydrogen-bond donors (Lipinski definition) is 0. The Kier molecular flexibility index (Phi) is 3.16. The molecule has 1 aromatic heterocycles. The average molecular weight is 246 g/mol. The van der Waals surface area contributed by atoms with Gasteiger partial charge in [0.2, 0.25) is 0 Å². The molecule has 0 unspecified atom stereocenters. The van der Waals surface area contributed by atoms with Crippen molar-refractivity contribution in [1.82, 2.24) is 9.55 Å². The molecule has 0 aliphatic heterocycles. The number of benzene rings is 1. The standard InChI is InChI=1S/C13H12ClN3/c1-9-10(2)17(8-16-9)7-11-3-4-13(14)5-12(11)6-15/h3-5,8H,7H2,1-2H3. The van der Waals surface area contributed by atoms with E-state index in [4.69, 9.17) is 16.9 Å². The van der Waals surface area contributed by atoms with E-state index in [1.807, 2.05) is 24.5 Å². The fourth-order valence-corrected chi connectivity index (χ4v) is 1.85. The summed E-state index contributed by atoms with van der Waals surface area (Å²) in [6.45, 7) is 4.63. The van der Waals surface area contributed by atoms with Crippen molar-refractivity contribution < 1.29 is 0 Å². The van der Waals surface area contributed by atoms with Crippen molar-refractivity contribution in [2.24, 2.45) is 0 Å². The summed E-state index contributed by atoms with van der Waals surface area (Å²) in [6, 6.07) is 7.54. The third-order valence-corrected chi connectivity index (χ3v) is 3.11. The lowest BCUT2D eigenvalue weighted by Crippen LogP contribution is -2.02. The minimum atomic E-state index is 0.587. The monoisotopic (exact) mass is 245 g/mol. The van der Waals surface area contributed by atoms with Crippen LogP contribution in [0.25, 0.3) is 0 Å². The van der Waals surface area contributed by atoms with Crippen LogP contribution >= 0.6 is 11.6 Å². The zero-order valence-corrected chi connectivity index (χ0v) is 10.5. The predicted molar refractivity (Wildman–Crippen MR) is 67.0 cm³/mol. The van der Waals surface area contributed by atoms with Crippen molar-refractivity contribution in [2.75, 3.05) is 0 Å². The number of halogens is 1. The van der Waals surface area contributed by atoms with E-state index >= 15 is 0 Å². The largest absolute Gasteiger partial charge is 0.330 e. The molecule has 0 bridgehead atoms. The second-order valence-corrected chi connectivity index (χ2v) is 4.39.